The molecule has 0 radical (unpaired) electrons. The summed E-state index contributed by atoms with van der Waals surface area (Å²) in [5.41, 5.74) is 4.01. The Bertz CT molecular complexity index is 1180. The molecule has 0 saturated heterocycles. The first-order valence-corrected chi connectivity index (χ1v) is 12.1. The molecule has 0 N–H and O–H groups in total. The number of carbonyl (C=O) groups excluding carboxylic acids is 2. The van der Waals surface area contributed by atoms with Crippen LogP contribution in [0.4, 0.5) is 10.1 Å². The lowest BCUT2D eigenvalue weighted by atomic mass is 9.89. The first kappa shape index (κ1) is 24.7. The minimum Gasteiger partial charge on any atom is -0.491 e. The van der Waals surface area contributed by atoms with Gasteiger partial charge in [0, 0.05) is 31.1 Å². The average molecular weight is 477 g/mol. The van der Waals surface area contributed by atoms with Gasteiger partial charge >= 0.3 is 0 Å². The monoisotopic (exact) mass is 476 g/mol. The number of aryl methyl sites for hydroxylation is 1. The van der Waals surface area contributed by atoms with Gasteiger partial charge in [0.15, 0.2) is 0 Å². The summed E-state index contributed by atoms with van der Waals surface area (Å²) in [6.07, 6.45) is 4.58. The number of nitrogens with zero attached hydrogens (tertiary/aromatic N) is 2. The van der Waals surface area contributed by atoms with Gasteiger partial charge < -0.3 is 14.5 Å². The molecule has 35 heavy (non-hydrogen) atoms. The molecule has 1 aliphatic carbocycles. The van der Waals surface area contributed by atoms with Crippen molar-refractivity contribution in [3.05, 3.63) is 82.7 Å². The number of hydrogen-bond acceptors (Lipinski definition) is 3. The number of amides is 2. The van der Waals surface area contributed by atoms with Crippen molar-refractivity contribution in [3.8, 4) is 5.75 Å². The fraction of sp³-hybridized carbons (Fsp3) is 0.379. The molecule has 5 nitrogen and oxygen atoms in total. The van der Waals surface area contributed by atoms with Crippen LogP contribution in [0.15, 0.2) is 66.0 Å². The van der Waals surface area contributed by atoms with Crippen LogP contribution in [0.25, 0.3) is 0 Å². The maximum absolute atomic E-state index is 13.6. The zero-order valence-electron chi connectivity index (χ0n) is 20.9. The minimum absolute atomic E-state index is 0.0305. The maximum Gasteiger partial charge on any atom is 0.227 e. The third-order valence-corrected chi connectivity index (χ3v) is 6.79. The Balaban J connectivity index is 1.60. The lowest BCUT2D eigenvalue weighted by molar-refractivity contribution is -0.131. The largest absolute Gasteiger partial charge is 0.491 e. The normalized spacial score (nSPS) is 15.9. The molecule has 2 aromatic carbocycles. The van der Waals surface area contributed by atoms with Gasteiger partial charge in [-0.2, -0.15) is 0 Å². The molecule has 184 valence electrons. The summed E-state index contributed by atoms with van der Waals surface area (Å²) in [6.45, 7) is 8.92. The molecule has 0 saturated carbocycles. The Kier molecular flexibility index (Phi) is 7.10. The van der Waals surface area contributed by atoms with Crippen LogP contribution in [0.5, 0.6) is 5.75 Å². The maximum atomic E-state index is 13.6. The van der Waals surface area contributed by atoms with Crippen LogP contribution in [-0.4, -0.2) is 29.9 Å². The fourth-order valence-electron chi connectivity index (χ4n) is 4.88. The van der Waals surface area contributed by atoms with E-state index in [4.69, 9.17) is 4.74 Å². The highest BCUT2D eigenvalue weighted by molar-refractivity contribution is 5.93. The molecule has 0 fully saturated rings. The Labute approximate surface area is 206 Å². The number of ether oxygens (including phenoxy) is 1. The van der Waals surface area contributed by atoms with Crippen molar-refractivity contribution in [2.24, 2.45) is 0 Å². The van der Waals surface area contributed by atoms with Gasteiger partial charge in [-0.1, -0.05) is 29.3 Å². The Morgan fingerprint density at radius 1 is 1.14 bits per heavy atom. The van der Waals surface area contributed by atoms with Gasteiger partial charge in [0.1, 0.15) is 18.2 Å². The van der Waals surface area contributed by atoms with Crippen molar-refractivity contribution in [2.45, 2.75) is 59.0 Å². The van der Waals surface area contributed by atoms with Gasteiger partial charge in [0.05, 0.1) is 12.1 Å². The predicted octanol–water partition coefficient (Wildman–Crippen LogP) is 5.97. The second-order valence-corrected chi connectivity index (χ2v) is 9.84. The van der Waals surface area contributed by atoms with Crippen LogP contribution in [0.2, 0.25) is 0 Å². The van der Waals surface area contributed by atoms with Crippen molar-refractivity contribution in [1.29, 1.82) is 0 Å². The summed E-state index contributed by atoms with van der Waals surface area (Å²) in [4.78, 5) is 29.4. The number of fused-ring (bicyclic) bond motifs is 1. The number of hydrogen-bond donors (Lipinski definition) is 0. The van der Waals surface area contributed by atoms with Gasteiger partial charge in [-0.15, -0.1) is 0 Å². The smallest absolute Gasteiger partial charge is 0.227 e. The SMILES string of the molecule is CC(=O)N(c1ccc(C)cc1)C(C)(C)c1ccc2c(c1)CN(C(=O)CC1=CC(F)=CCC1)CCO2. The van der Waals surface area contributed by atoms with Crippen LogP contribution in [-0.2, 0) is 21.7 Å². The zero-order chi connectivity index (χ0) is 25.2. The number of halogens is 1. The third-order valence-electron chi connectivity index (χ3n) is 6.79. The summed E-state index contributed by atoms with van der Waals surface area (Å²) in [5, 5.41) is 0. The minimum atomic E-state index is -0.631. The van der Waals surface area contributed by atoms with E-state index in [1.807, 2.05) is 63.2 Å². The van der Waals surface area contributed by atoms with Gasteiger partial charge in [-0.25, -0.2) is 4.39 Å². The molecule has 0 unspecified atom stereocenters. The summed E-state index contributed by atoms with van der Waals surface area (Å²) < 4.78 is 19.6. The fourth-order valence-corrected chi connectivity index (χ4v) is 4.88. The molecule has 6 heteroatoms. The summed E-state index contributed by atoms with van der Waals surface area (Å²) in [5.74, 6) is 0.399. The van der Waals surface area contributed by atoms with E-state index < -0.39 is 5.54 Å². The highest BCUT2D eigenvalue weighted by Gasteiger charge is 2.33. The molecule has 2 aliphatic rings. The van der Waals surface area contributed by atoms with E-state index in [1.54, 1.807) is 22.8 Å². The van der Waals surface area contributed by atoms with Gasteiger partial charge in [0.25, 0.3) is 0 Å². The molecular formula is C29H33FN2O3. The number of benzene rings is 2. The summed E-state index contributed by atoms with van der Waals surface area (Å²) >= 11 is 0. The standard InChI is InChI=1S/C29H33FN2O3/c1-20-8-11-26(12-9-20)32(21(2)33)29(3,4)24-10-13-27-23(18-24)19-31(14-15-35-27)28(34)17-22-6-5-7-25(30)16-22/h7-13,16,18H,5-6,14-15,17,19H2,1-4H3. The number of anilines is 1. The lowest BCUT2D eigenvalue weighted by Crippen LogP contribution is -2.45. The van der Waals surface area contributed by atoms with Crippen molar-refractivity contribution < 1.29 is 18.7 Å². The average Bonchev–Trinajstić information content (AvgIpc) is 3.02. The van der Waals surface area contributed by atoms with E-state index >= 15 is 0 Å². The third kappa shape index (κ3) is 5.47. The molecule has 2 aromatic rings. The van der Waals surface area contributed by atoms with Crippen LogP contribution in [0, 0.1) is 6.92 Å². The van der Waals surface area contributed by atoms with E-state index in [-0.39, 0.29) is 24.1 Å². The van der Waals surface area contributed by atoms with Crippen molar-refractivity contribution >= 4 is 17.5 Å². The van der Waals surface area contributed by atoms with Crippen molar-refractivity contribution in [1.82, 2.24) is 4.90 Å². The number of carbonyl (C=O) groups is 2. The van der Waals surface area contributed by atoms with Crippen molar-refractivity contribution in [2.75, 3.05) is 18.1 Å². The predicted molar refractivity (Wildman–Crippen MR) is 136 cm³/mol. The van der Waals surface area contributed by atoms with E-state index in [2.05, 4.69) is 0 Å². The van der Waals surface area contributed by atoms with Crippen molar-refractivity contribution in [3.63, 3.8) is 0 Å². The Morgan fingerprint density at radius 2 is 1.89 bits per heavy atom. The zero-order valence-corrected chi connectivity index (χ0v) is 20.9. The van der Waals surface area contributed by atoms with E-state index in [0.717, 1.165) is 33.7 Å². The van der Waals surface area contributed by atoms with E-state index in [0.29, 0.717) is 32.5 Å². The number of allylic oxidation sites excluding steroid dienone is 3. The molecule has 2 amide bonds. The molecule has 4 rings (SSSR count). The topological polar surface area (TPSA) is 49.9 Å². The van der Waals surface area contributed by atoms with E-state index in [1.165, 1.54) is 6.08 Å². The van der Waals surface area contributed by atoms with Gasteiger partial charge in [0.2, 0.25) is 11.8 Å². The first-order valence-electron chi connectivity index (χ1n) is 12.1. The summed E-state index contributed by atoms with van der Waals surface area (Å²) in [6, 6.07) is 13.9. The molecule has 0 bridgehead atoms. The Hall–Kier alpha value is -3.41. The molecule has 0 aromatic heterocycles. The van der Waals surface area contributed by atoms with E-state index in [9.17, 15) is 14.0 Å². The van der Waals surface area contributed by atoms with Crippen LogP contribution < -0.4 is 9.64 Å². The highest BCUT2D eigenvalue weighted by atomic mass is 19.1. The van der Waals surface area contributed by atoms with Crippen LogP contribution in [0.3, 0.4) is 0 Å². The second kappa shape index (κ2) is 10.1. The quantitative estimate of drug-likeness (QED) is 0.534. The Morgan fingerprint density at radius 3 is 2.57 bits per heavy atom. The summed E-state index contributed by atoms with van der Waals surface area (Å²) in [7, 11) is 0. The van der Waals surface area contributed by atoms with Crippen LogP contribution in [0.1, 0.15) is 56.7 Å². The second-order valence-electron chi connectivity index (χ2n) is 9.84. The number of rotatable bonds is 5. The first-order chi connectivity index (χ1) is 16.6. The van der Waals surface area contributed by atoms with Gasteiger partial charge in [-0.05, 0) is 75.6 Å². The van der Waals surface area contributed by atoms with Crippen LogP contribution >= 0.6 is 0 Å². The molecule has 1 aliphatic heterocycles. The molecule has 0 atom stereocenters. The van der Waals surface area contributed by atoms with Gasteiger partial charge in [-0.3, -0.25) is 9.59 Å². The lowest BCUT2D eigenvalue weighted by Gasteiger charge is -2.39. The highest BCUT2D eigenvalue weighted by Crippen LogP contribution is 2.36. The molecular weight excluding hydrogens is 443 g/mol. The molecule has 1 heterocycles. The molecule has 0 spiro atoms.